The fourth-order valence-corrected chi connectivity index (χ4v) is 3.18. The second-order valence-corrected chi connectivity index (χ2v) is 6.92. The van der Waals surface area contributed by atoms with Crippen LogP contribution < -0.4 is 5.32 Å². The minimum Gasteiger partial charge on any atom is -0.341 e. The summed E-state index contributed by atoms with van der Waals surface area (Å²) in [6.45, 7) is 5.97. The molecule has 0 radical (unpaired) electrons. The van der Waals surface area contributed by atoms with Gasteiger partial charge in [0.2, 0.25) is 5.91 Å². The van der Waals surface area contributed by atoms with Crippen LogP contribution in [0.3, 0.4) is 0 Å². The van der Waals surface area contributed by atoms with E-state index in [1.54, 1.807) is 0 Å². The van der Waals surface area contributed by atoms with Gasteiger partial charge in [-0.3, -0.25) is 4.79 Å². The third-order valence-electron chi connectivity index (χ3n) is 4.03. The number of amides is 1. The summed E-state index contributed by atoms with van der Waals surface area (Å²) in [6.07, 6.45) is 4.48. The van der Waals surface area contributed by atoms with Crippen molar-refractivity contribution in [3.63, 3.8) is 0 Å². The molecule has 1 saturated heterocycles. The highest BCUT2D eigenvalue weighted by atomic mass is 79.9. The molecule has 2 unspecified atom stereocenters. The van der Waals surface area contributed by atoms with Crippen molar-refractivity contribution in [3.05, 3.63) is 34.3 Å². The summed E-state index contributed by atoms with van der Waals surface area (Å²) in [5.74, 6) is 0.248. The zero-order chi connectivity index (χ0) is 15.2. The summed E-state index contributed by atoms with van der Waals surface area (Å²) in [6, 6.07) is 8.55. The van der Waals surface area contributed by atoms with Crippen LogP contribution in [0, 0.1) is 0 Å². The normalized spacial score (nSPS) is 18.3. The lowest BCUT2D eigenvalue weighted by atomic mass is 10.1. The molecule has 3 nitrogen and oxygen atoms in total. The molecule has 1 aromatic carbocycles. The molecule has 1 N–H and O–H groups in total. The lowest BCUT2D eigenvalue weighted by Gasteiger charge is -2.30. The fraction of sp³-hybridized carbons (Fsp3) is 0.588. The van der Waals surface area contributed by atoms with E-state index in [2.05, 4.69) is 52.4 Å². The van der Waals surface area contributed by atoms with Crippen LogP contribution in [0.15, 0.2) is 28.7 Å². The first kappa shape index (κ1) is 16.5. The Labute approximate surface area is 136 Å². The first-order valence-electron chi connectivity index (χ1n) is 7.85. The standard InChI is InChI=1S/C17H25BrN2O/c1-13(12-15-6-8-16(18)9-7-15)19-14(2)17(21)20-10-4-3-5-11-20/h6-9,13-14,19H,3-5,10-12H2,1-2H3. The first-order valence-corrected chi connectivity index (χ1v) is 8.65. The van der Waals surface area contributed by atoms with Crippen molar-refractivity contribution >= 4 is 21.8 Å². The quantitative estimate of drug-likeness (QED) is 0.880. The van der Waals surface area contributed by atoms with Crippen molar-refractivity contribution in [2.45, 2.75) is 51.6 Å². The van der Waals surface area contributed by atoms with Crippen molar-refractivity contribution in [2.24, 2.45) is 0 Å². The van der Waals surface area contributed by atoms with E-state index in [9.17, 15) is 4.79 Å². The van der Waals surface area contributed by atoms with Gasteiger partial charge in [0.15, 0.2) is 0 Å². The van der Waals surface area contributed by atoms with E-state index in [1.807, 2.05) is 11.8 Å². The van der Waals surface area contributed by atoms with Gasteiger partial charge in [0.1, 0.15) is 0 Å². The SMILES string of the molecule is CC(Cc1ccc(Br)cc1)NC(C)C(=O)N1CCCCC1. The second kappa shape index (κ2) is 7.95. The Bertz CT molecular complexity index is 454. The molecular formula is C17H25BrN2O. The van der Waals surface area contributed by atoms with Crippen LogP contribution in [0.4, 0.5) is 0 Å². The fourth-order valence-electron chi connectivity index (χ4n) is 2.92. The van der Waals surface area contributed by atoms with Crippen molar-refractivity contribution in [1.82, 2.24) is 10.2 Å². The molecule has 2 atom stereocenters. The van der Waals surface area contributed by atoms with Crippen molar-refractivity contribution in [1.29, 1.82) is 0 Å². The van der Waals surface area contributed by atoms with Gasteiger partial charge in [0.05, 0.1) is 6.04 Å². The number of benzene rings is 1. The summed E-state index contributed by atoms with van der Waals surface area (Å²) < 4.78 is 1.10. The first-order chi connectivity index (χ1) is 10.1. The van der Waals surface area contributed by atoms with Gasteiger partial charge in [-0.1, -0.05) is 28.1 Å². The van der Waals surface area contributed by atoms with Gasteiger partial charge in [-0.2, -0.15) is 0 Å². The summed E-state index contributed by atoms with van der Waals surface area (Å²) in [7, 11) is 0. The Morgan fingerprint density at radius 2 is 1.81 bits per heavy atom. The molecular weight excluding hydrogens is 328 g/mol. The average Bonchev–Trinajstić information content (AvgIpc) is 2.49. The number of carbonyl (C=O) groups is 1. The van der Waals surface area contributed by atoms with E-state index in [1.165, 1.54) is 12.0 Å². The van der Waals surface area contributed by atoms with Crippen molar-refractivity contribution in [2.75, 3.05) is 13.1 Å². The van der Waals surface area contributed by atoms with E-state index in [0.29, 0.717) is 0 Å². The Hall–Kier alpha value is -0.870. The number of likely N-dealkylation sites (tertiary alicyclic amines) is 1. The molecule has 1 amide bonds. The molecule has 1 aliphatic heterocycles. The summed E-state index contributed by atoms with van der Waals surface area (Å²) in [5, 5.41) is 3.44. The van der Waals surface area contributed by atoms with Gasteiger partial charge in [-0.15, -0.1) is 0 Å². The number of nitrogens with zero attached hydrogens (tertiary/aromatic N) is 1. The van der Waals surface area contributed by atoms with E-state index in [0.717, 1.165) is 36.8 Å². The van der Waals surface area contributed by atoms with Crippen LogP contribution in [0.1, 0.15) is 38.7 Å². The average molecular weight is 353 g/mol. The molecule has 1 heterocycles. The summed E-state index contributed by atoms with van der Waals surface area (Å²) in [4.78, 5) is 14.4. The maximum absolute atomic E-state index is 12.4. The second-order valence-electron chi connectivity index (χ2n) is 6.01. The Morgan fingerprint density at radius 3 is 2.43 bits per heavy atom. The van der Waals surface area contributed by atoms with Gasteiger partial charge in [0.25, 0.3) is 0 Å². The van der Waals surface area contributed by atoms with Crippen LogP contribution >= 0.6 is 15.9 Å². The summed E-state index contributed by atoms with van der Waals surface area (Å²) in [5.41, 5.74) is 1.29. The Morgan fingerprint density at radius 1 is 1.19 bits per heavy atom. The molecule has 0 aliphatic carbocycles. The van der Waals surface area contributed by atoms with Gasteiger partial charge < -0.3 is 10.2 Å². The predicted octanol–water partition coefficient (Wildman–Crippen LogP) is 3.37. The molecule has 4 heteroatoms. The number of nitrogens with one attached hydrogen (secondary N) is 1. The lowest BCUT2D eigenvalue weighted by molar-refractivity contribution is -0.134. The number of hydrogen-bond donors (Lipinski definition) is 1. The molecule has 0 saturated carbocycles. The van der Waals surface area contributed by atoms with E-state index >= 15 is 0 Å². The molecule has 1 fully saturated rings. The Balaban J connectivity index is 1.82. The van der Waals surface area contributed by atoms with Crippen molar-refractivity contribution in [3.8, 4) is 0 Å². The number of halogens is 1. The van der Waals surface area contributed by atoms with E-state index in [-0.39, 0.29) is 18.0 Å². The third-order valence-corrected chi connectivity index (χ3v) is 4.56. The van der Waals surface area contributed by atoms with Crippen LogP contribution in [0.5, 0.6) is 0 Å². The van der Waals surface area contributed by atoms with Gasteiger partial charge in [-0.05, 0) is 57.2 Å². The maximum atomic E-state index is 12.4. The van der Waals surface area contributed by atoms with Crippen LogP contribution in [-0.2, 0) is 11.2 Å². The van der Waals surface area contributed by atoms with Gasteiger partial charge in [-0.25, -0.2) is 0 Å². The van der Waals surface area contributed by atoms with Gasteiger partial charge >= 0.3 is 0 Å². The summed E-state index contributed by atoms with van der Waals surface area (Å²) >= 11 is 3.45. The lowest BCUT2D eigenvalue weighted by Crippen LogP contribution is -2.49. The molecule has 1 aliphatic rings. The molecule has 2 rings (SSSR count). The highest BCUT2D eigenvalue weighted by molar-refractivity contribution is 9.10. The van der Waals surface area contributed by atoms with Crippen molar-refractivity contribution < 1.29 is 4.79 Å². The topological polar surface area (TPSA) is 32.3 Å². The Kier molecular flexibility index (Phi) is 6.24. The number of hydrogen-bond acceptors (Lipinski definition) is 2. The number of carbonyl (C=O) groups excluding carboxylic acids is 1. The smallest absolute Gasteiger partial charge is 0.239 e. The third kappa shape index (κ3) is 5.11. The highest BCUT2D eigenvalue weighted by Gasteiger charge is 2.22. The zero-order valence-corrected chi connectivity index (χ0v) is 14.5. The molecule has 0 aromatic heterocycles. The monoisotopic (exact) mass is 352 g/mol. The maximum Gasteiger partial charge on any atom is 0.239 e. The van der Waals surface area contributed by atoms with E-state index in [4.69, 9.17) is 0 Å². The molecule has 1 aromatic rings. The zero-order valence-electron chi connectivity index (χ0n) is 12.9. The van der Waals surface area contributed by atoms with Gasteiger partial charge in [0, 0.05) is 23.6 Å². The predicted molar refractivity (Wildman–Crippen MR) is 90.3 cm³/mol. The number of piperidine rings is 1. The minimum atomic E-state index is -0.103. The molecule has 0 bridgehead atoms. The number of rotatable bonds is 5. The molecule has 0 spiro atoms. The van der Waals surface area contributed by atoms with Crippen LogP contribution in [0.2, 0.25) is 0 Å². The van der Waals surface area contributed by atoms with E-state index < -0.39 is 0 Å². The van der Waals surface area contributed by atoms with Crippen LogP contribution in [0.25, 0.3) is 0 Å². The molecule has 21 heavy (non-hydrogen) atoms. The van der Waals surface area contributed by atoms with Crippen LogP contribution in [-0.4, -0.2) is 36.0 Å². The molecule has 116 valence electrons. The highest BCUT2D eigenvalue weighted by Crippen LogP contribution is 2.13. The largest absolute Gasteiger partial charge is 0.341 e. The minimum absolute atomic E-state index is 0.103.